The highest BCUT2D eigenvalue weighted by atomic mass is 35.5. The largest absolute Gasteiger partial charge is 0.270 e. The van der Waals surface area contributed by atoms with Gasteiger partial charge >= 0.3 is 0 Å². The van der Waals surface area contributed by atoms with Gasteiger partial charge in [-0.05, 0) is 35.4 Å². The molecule has 0 unspecified atom stereocenters. The Bertz CT molecular complexity index is 1070. The minimum absolute atomic E-state index is 0. The van der Waals surface area contributed by atoms with Crippen molar-refractivity contribution in [1.29, 1.82) is 0 Å². The summed E-state index contributed by atoms with van der Waals surface area (Å²) in [7, 11) is 0. The zero-order valence-corrected chi connectivity index (χ0v) is 14.4. The number of nitrogens with zero attached hydrogens (tertiary/aromatic N) is 3. The molecule has 0 fully saturated rings. The molecule has 2 aromatic heterocycles. The van der Waals surface area contributed by atoms with Crippen LogP contribution in [-0.2, 0) is 0 Å². The smallest absolute Gasteiger partial charge is 0.264 e. The standard InChI is InChI=1S/C20H13N3O2.ClH/c24-23(25)16-8-9-19-18(11-16)17(14-5-2-1-3-6-14)12-20(22-19)15-7-4-10-21-13-15;/h1-13H;1H. The summed E-state index contributed by atoms with van der Waals surface area (Å²) in [5.74, 6) is 0. The summed E-state index contributed by atoms with van der Waals surface area (Å²) < 4.78 is 0. The Morgan fingerprint density at radius 3 is 2.35 bits per heavy atom. The maximum absolute atomic E-state index is 11.2. The topological polar surface area (TPSA) is 68.9 Å². The molecule has 0 atom stereocenters. The zero-order chi connectivity index (χ0) is 17.2. The Morgan fingerprint density at radius 2 is 1.65 bits per heavy atom. The quantitative estimate of drug-likeness (QED) is 0.366. The summed E-state index contributed by atoms with van der Waals surface area (Å²) >= 11 is 0. The molecule has 128 valence electrons. The second-order valence-electron chi connectivity index (χ2n) is 5.62. The molecule has 6 heteroatoms. The molecule has 0 aliphatic carbocycles. The average Bonchev–Trinajstić information content (AvgIpc) is 2.68. The van der Waals surface area contributed by atoms with E-state index in [0.29, 0.717) is 5.52 Å². The maximum Gasteiger partial charge on any atom is 0.270 e. The van der Waals surface area contributed by atoms with Gasteiger partial charge < -0.3 is 0 Å². The van der Waals surface area contributed by atoms with Crippen LogP contribution >= 0.6 is 12.4 Å². The van der Waals surface area contributed by atoms with E-state index < -0.39 is 0 Å². The molecule has 2 heterocycles. The Hall–Kier alpha value is -3.31. The van der Waals surface area contributed by atoms with Crippen LogP contribution in [0.1, 0.15) is 0 Å². The molecule has 0 radical (unpaired) electrons. The molecule has 4 aromatic rings. The van der Waals surface area contributed by atoms with Gasteiger partial charge in [-0.1, -0.05) is 30.3 Å². The van der Waals surface area contributed by atoms with Crippen molar-refractivity contribution in [3.63, 3.8) is 0 Å². The number of non-ortho nitro benzene ring substituents is 1. The predicted molar refractivity (Wildman–Crippen MR) is 104 cm³/mol. The number of nitro benzene ring substituents is 1. The van der Waals surface area contributed by atoms with Crippen LogP contribution in [0.3, 0.4) is 0 Å². The van der Waals surface area contributed by atoms with Crippen molar-refractivity contribution >= 4 is 29.0 Å². The number of pyridine rings is 2. The molecule has 26 heavy (non-hydrogen) atoms. The van der Waals surface area contributed by atoms with Gasteiger partial charge in [-0.3, -0.25) is 15.1 Å². The summed E-state index contributed by atoms with van der Waals surface area (Å²) in [6.45, 7) is 0. The second-order valence-corrected chi connectivity index (χ2v) is 5.62. The van der Waals surface area contributed by atoms with Gasteiger partial charge in [0, 0.05) is 35.5 Å². The van der Waals surface area contributed by atoms with Crippen LogP contribution in [0.15, 0.2) is 79.1 Å². The summed E-state index contributed by atoms with van der Waals surface area (Å²) in [5, 5.41) is 11.9. The lowest BCUT2D eigenvalue weighted by Gasteiger charge is -2.10. The van der Waals surface area contributed by atoms with Gasteiger partial charge in [0.05, 0.1) is 16.1 Å². The minimum Gasteiger partial charge on any atom is -0.264 e. The van der Waals surface area contributed by atoms with E-state index in [1.165, 1.54) is 6.07 Å². The lowest BCUT2D eigenvalue weighted by molar-refractivity contribution is -0.384. The van der Waals surface area contributed by atoms with Crippen LogP contribution in [0, 0.1) is 10.1 Å². The van der Waals surface area contributed by atoms with Crippen molar-refractivity contribution in [3.05, 3.63) is 89.2 Å². The summed E-state index contributed by atoms with van der Waals surface area (Å²) in [6.07, 6.45) is 3.47. The number of rotatable bonds is 3. The van der Waals surface area contributed by atoms with Crippen LogP contribution < -0.4 is 0 Å². The SMILES string of the molecule is Cl.O=[N+]([O-])c1ccc2nc(-c3cccnc3)cc(-c3ccccc3)c2c1. The zero-order valence-electron chi connectivity index (χ0n) is 13.6. The Morgan fingerprint density at radius 1 is 0.885 bits per heavy atom. The van der Waals surface area contributed by atoms with Crippen molar-refractivity contribution in [1.82, 2.24) is 9.97 Å². The van der Waals surface area contributed by atoms with Crippen molar-refractivity contribution < 1.29 is 4.92 Å². The first-order valence-electron chi connectivity index (χ1n) is 7.77. The molecule has 0 N–H and O–H groups in total. The van der Waals surface area contributed by atoms with E-state index in [-0.39, 0.29) is 23.0 Å². The molecule has 2 aromatic carbocycles. The highest BCUT2D eigenvalue weighted by Crippen LogP contribution is 2.33. The fraction of sp³-hybridized carbons (Fsp3) is 0. The number of fused-ring (bicyclic) bond motifs is 1. The van der Waals surface area contributed by atoms with Crippen molar-refractivity contribution in [3.8, 4) is 22.4 Å². The third-order valence-electron chi connectivity index (χ3n) is 4.05. The molecular formula is C20H14ClN3O2. The number of aromatic nitrogens is 2. The van der Waals surface area contributed by atoms with E-state index in [1.807, 2.05) is 48.5 Å². The van der Waals surface area contributed by atoms with Gasteiger partial charge in [0.2, 0.25) is 0 Å². The molecule has 0 aliphatic heterocycles. The lowest BCUT2D eigenvalue weighted by Crippen LogP contribution is -1.93. The minimum atomic E-state index is -0.386. The number of hydrogen-bond donors (Lipinski definition) is 0. The molecular weight excluding hydrogens is 350 g/mol. The Balaban J connectivity index is 0.00000196. The fourth-order valence-electron chi connectivity index (χ4n) is 2.85. The van der Waals surface area contributed by atoms with Crippen molar-refractivity contribution in [2.24, 2.45) is 0 Å². The monoisotopic (exact) mass is 363 g/mol. The van der Waals surface area contributed by atoms with Crippen LogP contribution in [0.4, 0.5) is 5.69 Å². The molecule has 0 saturated carbocycles. The normalized spacial score (nSPS) is 10.3. The first-order chi connectivity index (χ1) is 12.2. The number of nitro groups is 1. The van der Waals surface area contributed by atoms with Crippen LogP contribution in [0.5, 0.6) is 0 Å². The van der Waals surface area contributed by atoms with Gasteiger partial charge in [-0.2, -0.15) is 0 Å². The number of halogens is 1. The van der Waals surface area contributed by atoms with Gasteiger partial charge in [0.15, 0.2) is 0 Å². The average molecular weight is 364 g/mol. The van der Waals surface area contributed by atoms with Crippen LogP contribution in [0.2, 0.25) is 0 Å². The van der Waals surface area contributed by atoms with E-state index in [0.717, 1.165) is 27.8 Å². The Labute approximate surface area is 155 Å². The summed E-state index contributed by atoms with van der Waals surface area (Å²) in [5.41, 5.74) is 4.35. The van der Waals surface area contributed by atoms with Gasteiger partial charge in [0.25, 0.3) is 5.69 Å². The van der Waals surface area contributed by atoms with Gasteiger partial charge in [-0.15, -0.1) is 12.4 Å². The molecule has 4 rings (SSSR count). The number of hydrogen-bond acceptors (Lipinski definition) is 4. The van der Waals surface area contributed by atoms with Crippen LogP contribution in [-0.4, -0.2) is 14.9 Å². The number of benzene rings is 2. The maximum atomic E-state index is 11.2. The first kappa shape index (κ1) is 17.5. The van der Waals surface area contributed by atoms with E-state index >= 15 is 0 Å². The third-order valence-corrected chi connectivity index (χ3v) is 4.05. The molecule has 0 spiro atoms. The highest BCUT2D eigenvalue weighted by Gasteiger charge is 2.13. The molecule has 0 aliphatic rings. The third kappa shape index (κ3) is 3.25. The van der Waals surface area contributed by atoms with Crippen molar-refractivity contribution in [2.75, 3.05) is 0 Å². The first-order valence-corrected chi connectivity index (χ1v) is 7.77. The highest BCUT2D eigenvalue weighted by molar-refractivity contribution is 5.97. The molecule has 0 amide bonds. The second kappa shape index (κ2) is 7.29. The Kier molecular flexibility index (Phi) is 4.91. The summed E-state index contributed by atoms with van der Waals surface area (Å²) in [6, 6.07) is 20.3. The predicted octanol–water partition coefficient (Wildman–Crippen LogP) is 5.29. The van der Waals surface area contributed by atoms with E-state index in [4.69, 9.17) is 0 Å². The fourth-order valence-corrected chi connectivity index (χ4v) is 2.85. The van der Waals surface area contributed by atoms with E-state index in [2.05, 4.69) is 9.97 Å². The van der Waals surface area contributed by atoms with Gasteiger partial charge in [-0.25, -0.2) is 4.98 Å². The van der Waals surface area contributed by atoms with Gasteiger partial charge in [0.1, 0.15) is 0 Å². The summed E-state index contributed by atoms with van der Waals surface area (Å²) in [4.78, 5) is 19.6. The van der Waals surface area contributed by atoms with E-state index in [1.54, 1.807) is 24.5 Å². The van der Waals surface area contributed by atoms with Crippen molar-refractivity contribution in [2.45, 2.75) is 0 Å². The van der Waals surface area contributed by atoms with E-state index in [9.17, 15) is 10.1 Å². The van der Waals surface area contributed by atoms with Crippen LogP contribution in [0.25, 0.3) is 33.3 Å². The lowest BCUT2D eigenvalue weighted by atomic mass is 9.98. The molecule has 0 bridgehead atoms. The molecule has 5 nitrogen and oxygen atoms in total. The molecule has 0 saturated heterocycles.